The van der Waals surface area contributed by atoms with Crippen LogP contribution in [0.2, 0.25) is 0 Å². The highest BCUT2D eigenvalue weighted by Gasteiger charge is 2.26. The van der Waals surface area contributed by atoms with Gasteiger partial charge in [-0.1, -0.05) is 0 Å². The molecule has 0 aliphatic carbocycles. The summed E-state index contributed by atoms with van der Waals surface area (Å²) in [6.07, 6.45) is 1.21. The van der Waals surface area contributed by atoms with Crippen LogP contribution in [0.4, 0.5) is 10.1 Å². The Morgan fingerprint density at radius 3 is 2.71 bits per heavy atom. The molecular formula is C10H10FN5O4S. The summed E-state index contributed by atoms with van der Waals surface area (Å²) in [5.74, 6) is -0.906. The molecule has 0 aliphatic rings. The van der Waals surface area contributed by atoms with Crippen LogP contribution in [0.5, 0.6) is 0 Å². The lowest BCUT2D eigenvalue weighted by atomic mass is 10.3. The molecule has 112 valence electrons. The Balaban J connectivity index is 2.33. The summed E-state index contributed by atoms with van der Waals surface area (Å²) in [6.45, 7) is -0.140. The zero-order chi connectivity index (χ0) is 15.6. The second kappa shape index (κ2) is 5.54. The fourth-order valence-corrected chi connectivity index (χ4v) is 2.76. The van der Waals surface area contributed by atoms with Crippen LogP contribution in [0.1, 0.15) is 5.82 Å². The van der Waals surface area contributed by atoms with Gasteiger partial charge >= 0.3 is 0 Å². The van der Waals surface area contributed by atoms with Gasteiger partial charge in [0.2, 0.25) is 10.0 Å². The van der Waals surface area contributed by atoms with Gasteiger partial charge < -0.3 is 0 Å². The van der Waals surface area contributed by atoms with E-state index in [1.54, 1.807) is 0 Å². The van der Waals surface area contributed by atoms with E-state index in [9.17, 15) is 22.9 Å². The number of benzene rings is 1. The molecule has 0 spiro atoms. The van der Waals surface area contributed by atoms with Gasteiger partial charge in [-0.15, -0.1) is 0 Å². The molecule has 0 bridgehead atoms. The minimum Gasteiger partial charge on any atom is -0.262 e. The number of nitrogens with zero attached hydrogens (tertiary/aromatic N) is 4. The van der Waals surface area contributed by atoms with Crippen LogP contribution in [0.15, 0.2) is 29.4 Å². The van der Waals surface area contributed by atoms with Crippen molar-refractivity contribution in [2.75, 3.05) is 7.05 Å². The van der Waals surface area contributed by atoms with Crippen LogP contribution in [0, 0.1) is 15.9 Å². The molecule has 0 unspecified atom stereocenters. The summed E-state index contributed by atoms with van der Waals surface area (Å²) in [4.78, 5) is 12.8. The van der Waals surface area contributed by atoms with E-state index in [1.165, 1.54) is 13.4 Å². The SMILES string of the molecule is CN(Cc1ncn[nH]1)S(=O)(=O)c1ccc([N+](=O)[O-])cc1F. The molecule has 1 aromatic heterocycles. The molecule has 1 heterocycles. The zero-order valence-corrected chi connectivity index (χ0v) is 11.5. The van der Waals surface area contributed by atoms with Gasteiger partial charge in [0.05, 0.1) is 17.5 Å². The molecule has 9 nitrogen and oxygen atoms in total. The summed E-state index contributed by atoms with van der Waals surface area (Å²) in [6, 6.07) is 2.35. The number of H-pyrrole nitrogens is 1. The Morgan fingerprint density at radius 2 is 2.19 bits per heavy atom. The van der Waals surface area contributed by atoms with E-state index in [1.807, 2.05) is 0 Å². The average molecular weight is 315 g/mol. The zero-order valence-electron chi connectivity index (χ0n) is 10.7. The van der Waals surface area contributed by atoms with Crippen LogP contribution in [0.25, 0.3) is 0 Å². The molecule has 2 rings (SSSR count). The molecule has 0 saturated carbocycles. The lowest BCUT2D eigenvalue weighted by Crippen LogP contribution is -2.27. The van der Waals surface area contributed by atoms with Crippen LogP contribution >= 0.6 is 0 Å². The van der Waals surface area contributed by atoms with Crippen LogP contribution in [0.3, 0.4) is 0 Å². The van der Waals surface area contributed by atoms with E-state index >= 15 is 0 Å². The number of non-ortho nitro benzene ring substituents is 1. The molecule has 1 N–H and O–H groups in total. The maximum absolute atomic E-state index is 13.8. The van der Waals surface area contributed by atoms with E-state index in [2.05, 4.69) is 15.2 Å². The molecule has 0 radical (unpaired) electrons. The highest BCUT2D eigenvalue weighted by atomic mass is 32.2. The predicted molar refractivity (Wildman–Crippen MR) is 68.1 cm³/mol. The fraction of sp³-hybridized carbons (Fsp3) is 0.200. The number of nitro groups is 1. The normalized spacial score (nSPS) is 11.8. The lowest BCUT2D eigenvalue weighted by molar-refractivity contribution is -0.385. The number of rotatable bonds is 5. The Bertz CT molecular complexity index is 762. The minimum absolute atomic E-state index is 0.140. The largest absolute Gasteiger partial charge is 0.272 e. The molecule has 0 atom stereocenters. The number of aromatic amines is 1. The number of hydrogen-bond acceptors (Lipinski definition) is 6. The monoisotopic (exact) mass is 315 g/mol. The Kier molecular flexibility index (Phi) is 3.95. The van der Waals surface area contributed by atoms with Crippen molar-refractivity contribution in [1.29, 1.82) is 0 Å². The maximum Gasteiger partial charge on any atom is 0.272 e. The molecule has 0 saturated heterocycles. The number of aromatic nitrogens is 3. The quantitative estimate of drug-likeness (QED) is 0.639. The van der Waals surface area contributed by atoms with Gasteiger partial charge in [-0.05, 0) is 6.07 Å². The van der Waals surface area contributed by atoms with Gasteiger partial charge in [-0.25, -0.2) is 17.8 Å². The number of nitro benzene ring substituents is 1. The molecule has 0 aliphatic heterocycles. The van der Waals surface area contributed by atoms with Gasteiger partial charge in [0, 0.05) is 13.1 Å². The molecule has 0 amide bonds. The van der Waals surface area contributed by atoms with Crippen molar-refractivity contribution in [3.05, 3.63) is 46.3 Å². The average Bonchev–Trinajstić information content (AvgIpc) is 2.90. The highest BCUT2D eigenvalue weighted by Crippen LogP contribution is 2.23. The smallest absolute Gasteiger partial charge is 0.262 e. The summed E-state index contributed by atoms with van der Waals surface area (Å²) in [5.41, 5.74) is -0.524. The Labute approximate surface area is 118 Å². The molecule has 0 fully saturated rings. The van der Waals surface area contributed by atoms with E-state index in [-0.39, 0.29) is 12.4 Å². The maximum atomic E-state index is 13.8. The first kappa shape index (κ1) is 15.0. The van der Waals surface area contributed by atoms with Crippen LogP contribution in [-0.2, 0) is 16.6 Å². The van der Waals surface area contributed by atoms with Gasteiger partial charge in [-0.2, -0.15) is 9.40 Å². The van der Waals surface area contributed by atoms with Crippen molar-refractivity contribution < 1.29 is 17.7 Å². The number of nitrogens with one attached hydrogen (secondary N) is 1. The van der Waals surface area contributed by atoms with Gasteiger partial charge in [-0.3, -0.25) is 15.2 Å². The third kappa shape index (κ3) is 3.03. The Hall–Kier alpha value is -2.40. The lowest BCUT2D eigenvalue weighted by Gasteiger charge is -2.16. The molecule has 2 aromatic rings. The van der Waals surface area contributed by atoms with Crippen molar-refractivity contribution in [2.45, 2.75) is 11.4 Å². The van der Waals surface area contributed by atoms with Gasteiger partial charge in [0.1, 0.15) is 22.9 Å². The summed E-state index contributed by atoms with van der Waals surface area (Å²) in [5, 5.41) is 16.6. The predicted octanol–water partition coefficient (Wildman–Crippen LogP) is 0.673. The standard InChI is InChI=1S/C10H10FN5O4S/c1-15(5-10-12-6-13-14-10)21(19,20)9-3-2-7(16(17)18)4-8(9)11/h2-4,6H,5H2,1H3,(H,12,13,14). The third-order valence-electron chi connectivity index (χ3n) is 2.65. The van der Waals surface area contributed by atoms with Crippen molar-refractivity contribution in [3.63, 3.8) is 0 Å². The van der Waals surface area contributed by atoms with Gasteiger partial charge in [0.25, 0.3) is 5.69 Å². The molecule has 1 aromatic carbocycles. The van der Waals surface area contributed by atoms with Crippen LogP contribution < -0.4 is 0 Å². The summed E-state index contributed by atoms with van der Waals surface area (Å²) >= 11 is 0. The summed E-state index contributed by atoms with van der Waals surface area (Å²) < 4.78 is 39.1. The van der Waals surface area contributed by atoms with E-state index in [4.69, 9.17) is 0 Å². The minimum atomic E-state index is -4.14. The number of halogens is 1. The van der Waals surface area contributed by atoms with Crippen molar-refractivity contribution >= 4 is 15.7 Å². The fourth-order valence-electron chi connectivity index (χ4n) is 1.58. The van der Waals surface area contributed by atoms with E-state index in [0.717, 1.165) is 16.4 Å². The third-order valence-corrected chi connectivity index (χ3v) is 4.49. The first-order valence-corrected chi connectivity index (χ1v) is 7.01. The highest BCUT2D eigenvalue weighted by molar-refractivity contribution is 7.89. The number of sulfonamides is 1. The second-order valence-electron chi connectivity index (χ2n) is 4.07. The number of hydrogen-bond donors (Lipinski definition) is 1. The van der Waals surface area contributed by atoms with Crippen molar-refractivity contribution in [1.82, 2.24) is 19.5 Å². The van der Waals surface area contributed by atoms with Gasteiger partial charge in [0.15, 0.2) is 0 Å². The second-order valence-corrected chi connectivity index (χ2v) is 6.08. The topological polar surface area (TPSA) is 122 Å². The van der Waals surface area contributed by atoms with E-state index < -0.39 is 31.3 Å². The molecule has 21 heavy (non-hydrogen) atoms. The Morgan fingerprint density at radius 1 is 1.48 bits per heavy atom. The van der Waals surface area contributed by atoms with Crippen LogP contribution in [-0.4, -0.2) is 39.9 Å². The molecular weight excluding hydrogens is 305 g/mol. The summed E-state index contributed by atoms with van der Waals surface area (Å²) in [7, 11) is -2.91. The van der Waals surface area contributed by atoms with Crippen molar-refractivity contribution in [2.24, 2.45) is 0 Å². The van der Waals surface area contributed by atoms with Crippen molar-refractivity contribution in [3.8, 4) is 0 Å². The molecule has 11 heteroatoms. The first-order chi connectivity index (χ1) is 9.82. The van der Waals surface area contributed by atoms with E-state index in [0.29, 0.717) is 6.07 Å². The first-order valence-electron chi connectivity index (χ1n) is 5.57.